The quantitative estimate of drug-likeness (QED) is 0.0169. The van der Waals surface area contributed by atoms with Crippen LogP contribution in [0.3, 0.4) is 0 Å². The normalized spacial score (nSPS) is 14.9. The lowest BCUT2D eigenvalue weighted by atomic mass is 10.1. The fourth-order valence-corrected chi connectivity index (χ4v) is 11.4. The first-order chi connectivity index (χ1) is 52.7. The van der Waals surface area contributed by atoms with E-state index in [9.17, 15) is 43.2 Å². The van der Waals surface area contributed by atoms with Crippen molar-refractivity contribution in [1.29, 1.82) is 0 Å². The molecule has 0 aromatic heterocycles. The van der Waals surface area contributed by atoms with Crippen molar-refractivity contribution >= 4 is 39.5 Å². The van der Waals surface area contributed by atoms with E-state index in [-0.39, 0.29) is 25.7 Å². The summed E-state index contributed by atoms with van der Waals surface area (Å²) < 4.78 is 68.5. The zero-order valence-corrected chi connectivity index (χ0v) is 68.2. The predicted octanol–water partition coefficient (Wildman–Crippen LogP) is 23.9. The van der Waals surface area contributed by atoms with E-state index in [1.165, 1.54) is 0 Å². The minimum absolute atomic E-state index is 0.0551. The highest BCUT2D eigenvalue weighted by molar-refractivity contribution is 7.47. The van der Waals surface area contributed by atoms with Crippen molar-refractivity contribution in [3.8, 4) is 0 Å². The van der Waals surface area contributed by atoms with Gasteiger partial charge in [0.1, 0.15) is 19.3 Å². The maximum atomic E-state index is 13.1. The van der Waals surface area contributed by atoms with Crippen LogP contribution in [0.15, 0.2) is 207 Å². The minimum atomic E-state index is -5.03. The Hall–Kier alpha value is -6.36. The molecular weight excluding hydrogens is 1400 g/mol. The van der Waals surface area contributed by atoms with E-state index in [1.54, 1.807) is 12.2 Å². The van der Waals surface area contributed by atoms with Crippen LogP contribution < -0.4 is 0 Å². The van der Waals surface area contributed by atoms with Crippen LogP contribution in [0.25, 0.3) is 0 Å². The Bertz CT molecular complexity index is 2860. The van der Waals surface area contributed by atoms with Crippen LogP contribution in [-0.4, -0.2) is 96.7 Å². The summed E-state index contributed by atoms with van der Waals surface area (Å²) in [5.74, 6) is -2.44. The molecule has 19 heteroatoms. The zero-order valence-electron chi connectivity index (χ0n) is 66.4. The Kier molecular flexibility index (Phi) is 74.1. The molecule has 0 fully saturated rings. The Morgan fingerprint density at radius 2 is 0.500 bits per heavy atom. The van der Waals surface area contributed by atoms with Gasteiger partial charge in [0.15, 0.2) is 12.2 Å². The number of esters is 4. The number of ether oxygens (including phenoxy) is 4. The van der Waals surface area contributed by atoms with Crippen LogP contribution in [0.5, 0.6) is 0 Å². The third-order valence-corrected chi connectivity index (χ3v) is 17.7. The van der Waals surface area contributed by atoms with E-state index < -0.39 is 97.5 Å². The lowest BCUT2D eigenvalue weighted by Gasteiger charge is -2.21. The zero-order chi connectivity index (χ0) is 78.9. The Balaban J connectivity index is 5.52. The molecule has 108 heavy (non-hydrogen) atoms. The molecule has 0 radical (unpaired) electrons. The molecular formula is C89H140O17P2. The summed E-state index contributed by atoms with van der Waals surface area (Å²) >= 11 is 0. The second-order valence-corrected chi connectivity index (χ2v) is 28.8. The molecule has 0 aromatic carbocycles. The Morgan fingerprint density at radius 3 is 0.815 bits per heavy atom. The van der Waals surface area contributed by atoms with E-state index in [2.05, 4.69) is 198 Å². The molecule has 17 nitrogen and oxygen atoms in total. The molecule has 0 aliphatic heterocycles. The van der Waals surface area contributed by atoms with Crippen molar-refractivity contribution in [2.45, 2.75) is 290 Å². The summed E-state index contributed by atoms with van der Waals surface area (Å²) in [5, 5.41) is 10.7. The fraction of sp³-hybridized carbons (Fsp3) is 0.573. The van der Waals surface area contributed by atoms with E-state index in [4.69, 9.17) is 37.0 Å². The first kappa shape index (κ1) is 102. The number of aliphatic hydroxyl groups is 1. The number of carbonyl (C=O) groups excluding carboxylic acids is 4. The van der Waals surface area contributed by atoms with E-state index in [1.807, 2.05) is 24.3 Å². The van der Waals surface area contributed by atoms with E-state index >= 15 is 0 Å². The van der Waals surface area contributed by atoms with Crippen molar-refractivity contribution in [3.05, 3.63) is 207 Å². The number of hydrogen-bond acceptors (Lipinski definition) is 15. The van der Waals surface area contributed by atoms with E-state index in [0.717, 1.165) is 186 Å². The average Bonchev–Trinajstić information content (AvgIpc) is 0.906. The number of unbranched alkanes of at least 4 members (excludes halogenated alkanes) is 14. The number of aliphatic hydroxyl groups excluding tert-OH is 1. The van der Waals surface area contributed by atoms with Crippen molar-refractivity contribution in [1.82, 2.24) is 0 Å². The molecule has 608 valence electrons. The molecule has 5 atom stereocenters. The molecule has 0 aliphatic carbocycles. The highest BCUT2D eigenvalue weighted by Gasteiger charge is 2.30. The molecule has 0 aliphatic rings. The molecule has 0 heterocycles. The largest absolute Gasteiger partial charge is 0.472 e. The summed E-state index contributed by atoms with van der Waals surface area (Å²) in [6, 6.07) is 0. The lowest BCUT2D eigenvalue weighted by Crippen LogP contribution is -2.30. The Morgan fingerprint density at radius 1 is 0.269 bits per heavy atom. The number of phosphoric acid groups is 2. The van der Waals surface area contributed by atoms with Gasteiger partial charge in [-0.2, -0.15) is 0 Å². The molecule has 3 N–H and O–H groups in total. The maximum Gasteiger partial charge on any atom is 0.472 e. The van der Waals surface area contributed by atoms with Crippen LogP contribution in [0, 0.1) is 0 Å². The first-order valence-electron chi connectivity index (χ1n) is 40.3. The molecule has 0 aromatic rings. The van der Waals surface area contributed by atoms with Crippen LogP contribution in [-0.2, 0) is 65.4 Å². The first-order valence-corrected chi connectivity index (χ1v) is 43.3. The van der Waals surface area contributed by atoms with Crippen LogP contribution in [0.4, 0.5) is 0 Å². The van der Waals surface area contributed by atoms with Gasteiger partial charge in [-0.05, 0) is 161 Å². The number of phosphoric ester groups is 2. The second kappa shape index (κ2) is 78.8. The van der Waals surface area contributed by atoms with E-state index in [0.29, 0.717) is 32.1 Å². The van der Waals surface area contributed by atoms with Gasteiger partial charge in [-0.3, -0.25) is 37.3 Å². The van der Waals surface area contributed by atoms with Crippen LogP contribution in [0.2, 0.25) is 0 Å². The standard InChI is InChI=1S/C89H140O17P2/c1-5-9-13-17-21-25-29-33-37-40-41-44-47-50-54-58-62-66-70-74-87(92)100-80-85(106-89(94)76-72-68-64-60-56-52-48-43-39-35-31-27-23-19-15-11-7-3)82-104-108(97,98)102-78-83(90)77-101-107(95,96)103-81-84(105-88(93)75-71-67-63-59-55-51-45-36-32-28-24-20-16-12-8-4)79-99-86(91)73-69-65-61-57-53-49-46-42-38-34-30-26-22-18-14-10-6-2/h9-16,21-28,33-39,41,44-46,49,55,57,59,61,67,71,83-85,90H,5-8,17-20,29-32,40,42-43,47-48,50-54,56,58,60,62-66,68-70,72-82H2,1-4H3,(H,95,96)(H,97,98)/b13-9-,14-10-,15-11-,16-12-,25-21-,26-22-,27-23-,28-24-,37-33-,38-34-,39-35-,44-41-,45-36-,49-46-,59-55-,61-57-,71-67-. The van der Waals surface area contributed by atoms with Gasteiger partial charge in [0, 0.05) is 19.3 Å². The van der Waals surface area contributed by atoms with Crippen molar-refractivity contribution in [2.24, 2.45) is 0 Å². The maximum absolute atomic E-state index is 13.1. The fourth-order valence-electron chi connectivity index (χ4n) is 9.81. The smallest absolute Gasteiger partial charge is 0.462 e. The van der Waals surface area contributed by atoms with Gasteiger partial charge in [-0.15, -0.1) is 0 Å². The molecule has 0 saturated carbocycles. The van der Waals surface area contributed by atoms with Gasteiger partial charge in [0.05, 0.1) is 32.8 Å². The van der Waals surface area contributed by atoms with Gasteiger partial charge in [-0.25, -0.2) is 9.13 Å². The monoisotopic (exact) mass is 1540 g/mol. The predicted molar refractivity (Wildman–Crippen MR) is 445 cm³/mol. The SMILES string of the molecule is CC/C=C\C/C=C\C/C=C\C/C=C\C/C=C\CCCC(=O)OCC(COP(=O)(O)OCC(O)COP(=O)(O)OCC(COC(=O)CCCCCCCC/C=C\C/C=C\C/C=C\C/C=C\CC)OC(=O)CCCCCCCCC/C=C\C/C=C\C/C=C\CC)OC(=O)C/C=C\C/C=C\C/C=C\C/C=C\C/C=C\CC. The number of carbonyl (C=O) groups is 4. The highest BCUT2D eigenvalue weighted by atomic mass is 31.2. The van der Waals surface area contributed by atoms with Gasteiger partial charge < -0.3 is 33.8 Å². The van der Waals surface area contributed by atoms with Crippen molar-refractivity contribution in [3.63, 3.8) is 0 Å². The summed E-state index contributed by atoms with van der Waals surface area (Å²) in [6.07, 6.45) is 98.4. The second-order valence-electron chi connectivity index (χ2n) is 25.8. The molecule has 0 bridgehead atoms. The average molecular weight is 1540 g/mol. The third-order valence-electron chi connectivity index (χ3n) is 15.8. The summed E-state index contributed by atoms with van der Waals surface area (Å²) in [6.45, 7) is 4.19. The number of hydrogen-bond donors (Lipinski definition) is 3. The van der Waals surface area contributed by atoms with Gasteiger partial charge >= 0.3 is 39.5 Å². The lowest BCUT2D eigenvalue weighted by molar-refractivity contribution is -0.161. The molecule has 0 amide bonds. The van der Waals surface area contributed by atoms with Gasteiger partial charge in [-0.1, -0.05) is 292 Å². The Labute approximate surface area is 652 Å². The number of rotatable bonds is 73. The molecule has 5 unspecified atom stereocenters. The van der Waals surface area contributed by atoms with Crippen molar-refractivity contribution in [2.75, 3.05) is 39.6 Å². The molecule has 0 saturated heterocycles. The summed E-state index contributed by atoms with van der Waals surface area (Å²) in [5.41, 5.74) is 0. The molecule has 0 rings (SSSR count). The minimum Gasteiger partial charge on any atom is -0.462 e. The number of allylic oxidation sites excluding steroid dienone is 33. The van der Waals surface area contributed by atoms with Crippen molar-refractivity contribution < 1.29 is 80.2 Å². The topological polar surface area (TPSA) is 237 Å². The van der Waals surface area contributed by atoms with Crippen LogP contribution in [0.1, 0.15) is 272 Å². The van der Waals surface area contributed by atoms with Crippen LogP contribution >= 0.6 is 15.6 Å². The van der Waals surface area contributed by atoms with Gasteiger partial charge in [0.25, 0.3) is 0 Å². The highest BCUT2D eigenvalue weighted by Crippen LogP contribution is 2.45. The third kappa shape index (κ3) is 77.8. The summed E-state index contributed by atoms with van der Waals surface area (Å²) in [7, 11) is -10.0. The molecule has 0 spiro atoms. The van der Waals surface area contributed by atoms with Gasteiger partial charge in [0.2, 0.25) is 0 Å². The summed E-state index contributed by atoms with van der Waals surface area (Å²) in [4.78, 5) is 73.0.